The Labute approximate surface area is 101 Å². The number of rotatable bonds is 4. The number of sulfonamides is 1. The van der Waals surface area contributed by atoms with Gasteiger partial charge in [0.1, 0.15) is 4.90 Å². The minimum Gasteiger partial charge on any atom is -0.360 e. The van der Waals surface area contributed by atoms with Crippen LogP contribution in [0.2, 0.25) is 0 Å². The lowest BCUT2D eigenvalue weighted by Crippen LogP contribution is -2.30. The maximum Gasteiger partial charge on any atom is 0.245 e. The molecule has 96 valence electrons. The highest BCUT2D eigenvalue weighted by Crippen LogP contribution is 2.16. The van der Waals surface area contributed by atoms with Crippen molar-refractivity contribution >= 4 is 10.0 Å². The highest BCUT2D eigenvalue weighted by molar-refractivity contribution is 7.89. The Hall–Kier alpha value is -0.920. The van der Waals surface area contributed by atoms with Crippen molar-refractivity contribution in [3.63, 3.8) is 0 Å². The zero-order valence-corrected chi connectivity index (χ0v) is 10.8. The smallest absolute Gasteiger partial charge is 0.245 e. The number of aromatic nitrogens is 1. The third-order valence-electron chi connectivity index (χ3n) is 3.05. The fraction of sp³-hybridized carbons (Fsp3) is 0.700. The Balaban J connectivity index is 1.97. The summed E-state index contributed by atoms with van der Waals surface area (Å²) in [6.07, 6.45) is 2.26. The molecule has 1 fully saturated rings. The topological polar surface area (TPSA) is 75.4 Å². The molecule has 1 aliphatic heterocycles. The molecule has 0 amide bonds. The zero-order chi connectivity index (χ0) is 12.5. The lowest BCUT2D eigenvalue weighted by Gasteiger charge is -2.11. The molecular weight excluding hydrogens is 242 g/mol. The van der Waals surface area contributed by atoms with E-state index in [9.17, 15) is 8.42 Å². The average Bonchev–Trinajstić information content (AvgIpc) is 2.85. The first kappa shape index (κ1) is 12.5. The first-order chi connectivity index (χ1) is 7.99. The number of likely N-dealkylation sites (tertiary alicyclic amines) is 1. The fourth-order valence-corrected chi connectivity index (χ4v) is 3.25. The molecule has 1 aromatic rings. The van der Waals surface area contributed by atoms with Crippen LogP contribution in [0.15, 0.2) is 15.6 Å². The summed E-state index contributed by atoms with van der Waals surface area (Å²) in [6.45, 7) is 4.02. The summed E-state index contributed by atoms with van der Waals surface area (Å²) in [5.41, 5.74) is 0. The molecule has 7 heteroatoms. The molecule has 1 aliphatic rings. The summed E-state index contributed by atoms with van der Waals surface area (Å²) < 4.78 is 31.2. The van der Waals surface area contributed by atoms with Crippen LogP contribution in [0.1, 0.15) is 12.2 Å². The highest BCUT2D eigenvalue weighted by atomic mass is 32.2. The molecule has 0 spiro atoms. The van der Waals surface area contributed by atoms with E-state index in [4.69, 9.17) is 4.52 Å². The molecule has 0 saturated carbocycles. The van der Waals surface area contributed by atoms with Crippen LogP contribution in [0.5, 0.6) is 0 Å². The van der Waals surface area contributed by atoms with Crippen LogP contribution in [-0.2, 0) is 10.0 Å². The van der Waals surface area contributed by atoms with Crippen molar-refractivity contribution in [2.24, 2.45) is 5.92 Å². The van der Waals surface area contributed by atoms with Crippen LogP contribution in [0.4, 0.5) is 0 Å². The fourth-order valence-electron chi connectivity index (χ4n) is 2.05. The van der Waals surface area contributed by atoms with Crippen molar-refractivity contribution in [2.45, 2.75) is 18.2 Å². The minimum absolute atomic E-state index is 0.129. The van der Waals surface area contributed by atoms with Crippen LogP contribution in [0.25, 0.3) is 0 Å². The molecule has 17 heavy (non-hydrogen) atoms. The summed E-state index contributed by atoms with van der Waals surface area (Å²) >= 11 is 0. The molecule has 1 unspecified atom stereocenters. The molecule has 2 heterocycles. The molecule has 1 N–H and O–H groups in total. The molecule has 0 radical (unpaired) electrons. The summed E-state index contributed by atoms with van der Waals surface area (Å²) in [7, 11) is -1.44. The highest BCUT2D eigenvalue weighted by Gasteiger charge is 2.24. The van der Waals surface area contributed by atoms with E-state index in [-0.39, 0.29) is 4.90 Å². The molecule has 0 aromatic carbocycles. The van der Waals surface area contributed by atoms with Gasteiger partial charge in [0.15, 0.2) is 5.76 Å². The number of hydrogen-bond acceptors (Lipinski definition) is 5. The van der Waals surface area contributed by atoms with Gasteiger partial charge in [-0.3, -0.25) is 0 Å². The van der Waals surface area contributed by atoms with Crippen molar-refractivity contribution in [2.75, 3.05) is 26.7 Å². The van der Waals surface area contributed by atoms with Gasteiger partial charge in [-0.2, -0.15) is 0 Å². The van der Waals surface area contributed by atoms with Gasteiger partial charge in [0.2, 0.25) is 10.0 Å². The van der Waals surface area contributed by atoms with E-state index in [1.807, 2.05) is 7.05 Å². The predicted molar refractivity (Wildman–Crippen MR) is 62.0 cm³/mol. The molecule has 6 nitrogen and oxygen atoms in total. The first-order valence-corrected chi connectivity index (χ1v) is 7.07. The van der Waals surface area contributed by atoms with Crippen molar-refractivity contribution in [1.29, 1.82) is 0 Å². The predicted octanol–water partition coefficient (Wildman–Crippen LogP) is 0.213. The van der Waals surface area contributed by atoms with Gasteiger partial charge >= 0.3 is 0 Å². The van der Waals surface area contributed by atoms with Gasteiger partial charge in [-0.05, 0) is 32.9 Å². The van der Waals surface area contributed by atoms with Crippen LogP contribution >= 0.6 is 0 Å². The van der Waals surface area contributed by atoms with Crippen LogP contribution in [0.3, 0.4) is 0 Å². The zero-order valence-electron chi connectivity index (χ0n) is 10.0. The van der Waals surface area contributed by atoms with Gasteiger partial charge in [-0.1, -0.05) is 5.16 Å². The Kier molecular flexibility index (Phi) is 3.50. The molecular formula is C10H17N3O3S. The van der Waals surface area contributed by atoms with E-state index in [0.29, 0.717) is 18.2 Å². The number of aryl methyl sites for hydroxylation is 1. The molecule has 1 atom stereocenters. The second-order valence-electron chi connectivity index (χ2n) is 4.52. The Morgan fingerprint density at radius 1 is 1.65 bits per heavy atom. The van der Waals surface area contributed by atoms with Crippen LogP contribution in [-0.4, -0.2) is 45.2 Å². The Morgan fingerprint density at radius 2 is 2.41 bits per heavy atom. The number of nitrogens with one attached hydrogen (secondary N) is 1. The summed E-state index contributed by atoms with van der Waals surface area (Å²) in [4.78, 5) is 2.33. The quantitative estimate of drug-likeness (QED) is 0.836. The maximum atomic E-state index is 11.9. The lowest BCUT2D eigenvalue weighted by atomic mass is 10.1. The van der Waals surface area contributed by atoms with Crippen LogP contribution in [0, 0.1) is 12.8 Å². The lowest BCUT2D eigenvalue weighted by molar-refractivity contribution is 0.392. The summed E-state index contributed by atoms with van der Waals surface area (Å²) in [5, 5.41) is 3.48. The third kappa shape index (κ3) is 2.85. The van der Waals surface area contributed by atoms with E-state index >= 15 is 0 Å². The average molecular weight is 259 g/mol. The Bertz CT molecular complexity index is 483. The maximum absolute atomic E-state index is 11.9. The standard InChI is InChI=1S/C10H17N3O3S/c1-8-10(6-11-16-8)17(14,15)12-5-9-3-4-13(2)7-9/h6,9,12H,3-5,7H2,1-2H3. The van der Waals surface area contributed by atoms with Gasteiger partial charge in [-0.25, -0.2) is 13.1 Å². The van der Waals surface area contributed by atoms with E-state index in [0.717, 1.165) is 19.5 Å². The SMILES string of the molecule is Cc1oncc1S(=O)(=O)NCC1CCN(C)C1. The van der Waals surface area contributed by atoms with Gasteiger partial charge < -0.3 is 9.42 Å². The first-order valence-electron chi connectivity index (χ1n) is 5.58. The molecule has 0 aliphatic carbocycles. The van der Waals surface area contributed by atoms with Gasteiger partial charge in [0.25, 0.3) is 0 Å². The third-order valence-corrected chi connectivity index (χ3v) is 4.57. The van der Waals surface area contributed by atoms with Gasteiger partial charge in [0.05, 0.1) is 6.20 Å². The second kappa shape index (κ2) is 4.75. The molecule has 1 saturated heterocycles. The van der Waals surface area contributed by atoms with Crippen molar-refractivity contribution < 1.29 is 12.9 Å². The molecule has 1 aromatic heterocycles. The molecule has 0 bridgehead atoms. The molecule has 2 rings (SSSR count). The van der Waals surface area contributed by atoms with Crippen molar-refractivity contribution in [1.82, 2.24) is 14.8 Å². The van der Waals surface area contributed by atoms with E-state index in [1.54, 1.807) is 6.92 Å². The number of hydrogen-bond donors (Lipinski definition) is 1. The minimum atomic E-state index is -3.48. The van der Waals surface area contributed by atoms with Gasteiger partial charge in [-0.15, -0.1) is 0 Å². The van der Waals surface area contributed by atoms with Gasteiger partial charge in [0, 0.05) is 13.1 Å². The van der Waals surface area contributed by atoms with Crippen molar-refractivity contribution in [3.05, 3.63) is 12.0 Å². The van der Waals surface area contributed by atoms with E-state index in [1.165, 1.54) is 6.20 Å². The monoisotopic (exact) mass is 259 g/mol. The second-order valence-corrected chi connectivity index (χ2v) is 6.25. The largest absolute Gasteiger partial charge is 0.360 e. The van der Waals surface area contributed by atoms with Crippen LogP contribution < -0.4 is 4.72 Å². The number of nitrogens with zero attached hydrogens (tertiary/aromatic N) is 2. The van der Waals surface area contributed by atoms with E-state index in [2.05, 4.69) is 14.8 Å². The normalized spacial score (nSPS) is 22.1. The van der Waals surface area contributed by atoms with E-state index < -0.39 is 10.0 Å². The summed E-state index contributed by atoms with van der Waals surface area (Å²) in [5.74, 6) is 0.705. The Morgan fingerprint density at radius 3 is 2.94 bits per heavy atom. The summed E-state index contributed by atoms with van der Waals surface area (Å²) in [6, 6.07) is 0. The van der Waals surface area contributed by atoms with Crippen molar-refractivity contribution in [3.8, 4) is 0 Å².